The predicted molar refractivity (Wildman–Crippen MR) is 55.9 cm³/mol. The van der Waals surface area contributed by atoms with E-state index in [-0.39, 0.29) is 16.9 Å². The van der Waals surface area contributed by atoms with Crippen LogP contribution in [-0.2, 0) is 4.79 Å². The number of carbonyl (C=O) groups excluding carboxylic acids is 1. The molecule has 0 unspecified atom stereocenters. The van der Waals surface area contributed by atoms with Crippen LogP contribution in [0.4, 0.5) is 0 Å². The highest BCUT2D eigenvalue weighted by molar-refractivity contribution is 5.83. The van der Waals surface area contributed by atoms with Gasteiger partial charge in [0.1, 0.15) is 0 Å². The molecule has 2 aliphatic heterocycles. The topological polar surface area (TPSA) is 32.3 Å². The molecule has 1 amide bonds. The number of fused-ring (bicyclic) bond motifs is 1. The van der Waals surface area contributed by atoms with Gasteiger partial charge in [0.25, 0.3) is 0 Å². The minimum absolute atomic E-state index is 0.0234. The third-order valence-electron chi connectivity index (χ3n) is 3.61. The van der Waals surface area contributed by atoms with Gasteiger partial charge in [-0.15, -0.1) is 0 Å². The van der Waals surface area contributed by atoms with Crippen LogP contribution in [-0.4, -0.2) is 36.0 Å². The zero-order valence-corrected chi connectivity index (χ0v) is 9.55. The smallest absolute Gasteiger partial charge is 0.228 e. The summed E-state index contributed by atoms with van der Waals surface area (Å²) in [6.45, 7) is 11.3. The van der Waals surface area contributed by atoms with Gasteiger partial charge in [-0.25, -0.2) is 0 Å². The van der Waals surface area contributed by atoms with E-state index in [9.17, 15) is 4.79 Å². The summed E-state index contributed by atoms with van der Waals surface area (Å²) >= 11 is 0. The highest BCUT2D eigenvalue weighted by Crippen LogP contribution is 2.41. The average Bonchev–Trinajstić information content (AvgIpc) is 2.49. The number of rotatable bonds is 0. The summed E-state index contributed by atoms with van der Waals surface area (Å²) < 4.78 is 0. The quantitative estimate of drug-likeness (QED) is 0.623. The first-order valence-electron chi connectivity index (χ1n) is 5.37. The average molecular weight is 196 g/mol. The van der Waals surface area contributed by atoms with Gasteiger partial charge in [-0.05, 0) is 20.8 Å². The summed E-state index contributed by atoms with van der Waals surface area (Å²) in [6.07, 6.45) is 0. The Bertz CT molecular complexity index is 269. The molecular formula is C11H20N2O. The summed E-state index contributed by atoms with van der Waals surface area (Å²) in [4.78, 5) is 14.2. The molecule has 0 spiro atoms. The Hall–Kier alpha value is -0.570. The Morgan fingerprint density at radius 1 is 1.50 bits per heavy atom. The van der Waals surface area contributed by atoms with Crippen LogP contribution in [0, 0.1) is 11.3 Å². The number of nitrogens with one attached hydrogen (secondary N) is 1. The van der Waals surface area contributed by atoms with E-state index in [0.717, 1.165) is 19.6 Å². The fourth-order valence-corrected chi connectivity index (χ4v) is 2.62. The van der Waals surface area contributed by atoms with E-state index in [1.165, 1.54) is 0 Å². The van der Waals surface area contributed by atoms with Gasteiger partial charge >= 0.3 is 0 Å². The Balaban J connectivity index is 2.25. The molecule has 0 aromatic heterocycles. The summed E-state index contributed by atoms with van der Waals surface area (Å²) in [6, 6.07) is 0. The maximum absolute atomic E-state index is 12.1. The molecule has 3 nitrogen and oxygen atoms in total. The van der Waals surface area contributed by atoms with Crippen LogP contribution in [0.15, 0.2) is 0 Å². The molecule has 0 radical (unpaired) electrons. The van der Waals surface area contributed by atoms with Gasteiger partial charge in [0, 0.05) is 30.6 Å². The van der Waals surface area contributed by atoms with Gasteiger partial charge in [-0.3, -0.25) is 4.79 Å². The first kappa shape index (κ1) is 9.97. The number of carbonyl (C=O) groups is 1. The first-order valence-corrected chi connectivity index (χ1v) is 5.37. The summed E-state index contributed by atoms with van der Waals surface area (Å²) in [5.74, 6) is 0.548. The number of hydrogen-bond acceptors (Lipinski definition) is 2. The highest BCUT2D eigenvalue weighted by atomic mass is 16.2. The Kier molecular flexibility index (Phi) is 1.94. The van der Waals surface area contributed by atoms with E-state index < -0.39 is 0 Å². The zero-order chi connectivity index (χ0) is 10.6. The van der Waals surface area contributed by atoms with Crippen molar-refractivity contribution in [2.24, 2.45) is 11.3 Å². The number of likely N-dealkylation sites (tertiary alicyclic amines) is 1. The van der Waals surface area contributed by atoms with Crippen molar-refractivity contribution in [3.8, 4) is 0 Å². The predicted octanol–water partition coefficient (Wildman–Crippen LogP) is 0.853. The van der Waals surface area contributed by atoms with E-state index in [0.29, 0.717) is 5.91 Å². The van der Waals surface area contributed by atoms with Gasteiger partial charge in [0.15, 0.2) is 0 Å². The molecule has 0 bridgehead atoms. The largest absolute Gasteiger partial charge is 0.337 e. The summed E-state index contributed by atoms with van der Waals surface area (Å²) in [5.41, 5.74) is 0.148. The minimum atomic E-state index is -0.0234. The number of nitrogens with zero attached hydrogens (tertiary/aromatic N) is 1. The molecule has 2 heterocycles. The molecule has 1 N–H and O–H groups in total. The molecule has 3 heteroatoms. The molecule has 2 saturated heterocycles. The van der Waals surface area contributed by atoms with Gasteiger partial charge < -0.3 is 10.2 Å². The summed E-state index contributed by atoms with van der Waals surface area (Å²) in [7, 11) is 0. The zero-order valence-electron chi connectivity index (χ0n) is 9.55. The van der Waals surface area contributed by atoms with Gasteiger partial charge in [-0.1, -0.05) is 6.92 Å². The second-order valence-corrected chi connectivity index (χ2v) is 5.93. The first-order chi connectivity index (χ1) is 6.34. The fraction of sp³-hybridized carbons (Fsp3) is 0.909. The van der Waals surface area contributed by atoms with Crippen LogP contribution in [0.1, 0.15) is 27.7 Å². The molecule has 80 valence electrons. The van der Waals surface area contributed by atoms with Gasteiger partial charge in [0.2, 0.25) is 5.91 Å². The highest BCUT2D eigenvalue weighted by Gasteiger charge is 2.53. The lowest BCUT2D eigenvalue weighted by Crippen LogP contribution is -2.45. The lowest BCUT2D eigenvalue weighted by atomic mass is 9.83. The Labute approximate surface area is 85.8 Å². The third-order valence-corrected chi connectivity index (χ3v) is 3.61. The van der Waals surface area contributed by atoms with Crippen molar-refractivity contribution in [1.82, 2.24) is 10.2 Å². The van der Waals surface area contributed by atoms with Crippen molar-refractivity contribution in [3.05, 3.63) is 0 Å². The standard InChI is InChI=1S/C11H20N2O/c1-10(2,3)13-7-11(4)6-12-5-8(11)9(13)14/h8,12H,5-7H2,1-4H3/t8-,11+/m1/s1. The van der Waals surface area contributed by atoms with Crippen molar-refractivity contribution < 1.29 is 4.79 Å². The maximum atomic E-state index is 12.1. The van der Waals surface area contributed by atoms with E-state index in [2.05, 4.69) is 33.0 Å². The second-order valence-electron chi connectivity index (χ2n) is 5.93. The lowest BCUT2D eigenvalue weighted by molar-refractivity contribution is -0.134. The number of hydrogen-bond donors (Lipinski definition) is 1. The molecule has 0 aromatic carbocycles. The third kappa shape index (κ3) is 1.26. The molecule has 2 rings (SSSR count). The molecule has 14 heavy (non-hydrogen) atoms. The molecule has 2 fully saturated rings. The van der Waals surface area contributed by atoms with Crippen molar-refractivity contribution in [2.75, 3.05) is 19.6 Å². The fourth-order valence-electron chi connectivity index (χ4n) is 2.62. The Morgan fingerprint density at radius 3 is 2.64 bits per heavy atom. The molecule has 2 aliphatic rings. The molecule has 0 aliphatic carbocycles. The normalized spacial score (nSPS) is 37.9. The second kappa shape index (κ2) is 2.72. The van der Waals surface area contributed by atoms with Crippen LogP contribution in [0.3, 0.4) is 0 Å². The van der Waals surface area contributed by atoms with Crippen LogP contribution >= 0.6 is 0 Å². The monoisotopic (exact) mass is 196 g/mol. The van der Waals surface area contributed by atoms with E-state index in [4.69, 9.17) is 0 Å². The molecule has 0 aromatic rings. The van der Waals surface area contributed by atoms with Crippen LogP contribution in [0.2, 0.25) is 0 Å². The SMILES string of the molecule is CC(C)(C)N1C[C@]2(C)CNC[C@@H]2C1=O. The number of amides is 1. The molecule has 0 saturated carbocycles. The van der Waals surface area contributed by atoms with Crippen LogP contribution < -0.4 is 5.32 Å². The summed E-state index contributed by atoms with van der Waals surface area (Å²) in [5, 5.41) is 3.32. The van der Waals surface area contributed by atoms with E-state index >= 15 is 0 Å². The van der Waals surface area contributed by atoms with E-state index in [1.54, 1.807) is 0 Å². The van der Waals surface area contributed by atoms with Crippen molar-refractivity contribution in [2.45, 2.75) is 33.2 Å². The molecular weight excluding hydrogens is 176 g/mol. The minimum Gasteiger partial charge on any atom is -0.337 e. The van der Waals surface area contributed by atoms with Crippen molar-refractivity contribution in [1.29, 1.82) is 0 Å². The Morgan fingerprint density at radius 2 is 2.14 bits per heavy atom. The van der Waals surface area contributed by atoms with Crippen LogP contribution in [0.25, 0.3) is 0 Å². The van der Waals surface area contributed by atoms with Crippen molar-refractivity contribution in [3.63, 3.8) is 0 Å². The van der Waals surface area contributed by atoms with Gasteiger partial charge in [0.05, 0.1) is 5.92 Å². The lowest BCUT2D eigenvalue weighted by Gasteiger charge is -2.33. The maximum Gasteiger partial charge on any atom is 0.228 e. The van der Waals surface area contributed by atoms with E-state index in [1.807, 2.05) is 4.90 Å². The van der Waals surface area contributed by atoms with Gasteiger partial charge in [-0.2, -0.15) is 0 Å². The van der Waals surface area contributed by atoms with Crippen molar-refractivity contribution >= 4 is 5.91 Å². The van der Waals surface area contributed by atoms with Crippen LogP contribution in [0.5, 0.6) is 0 Å². The molecule has 2 atom stereocenters.